The van der Waals surface area contributed by atoms with Gasteiger partial charge in [0, 0.05) is 6.92 Å². The lowest BCUT2D eigenvalue weighted by Gasteiger charge is -2.17. The molecule has 1 aromatic carbocycles. The van der Waals surface area contributed by atoms with E-state index in [0.29, 0.717) is 5.56 Å². The molecule has 2 amide bonds. The Morgan fingerprint density at radius 1 is 1.31 bits per heavy atom. The molecule has 0 saturated carbocycles. The first-order valence-electron chi connectivity index (χ1n) is 7.53. The van der Waals surface area contributed by atoms with Crippen molar-refractivity contribution < 1.29 is 27.9 Å². The van der Waals surface area contributed by atoms with Gasteiger partial charge in [-0.05, 0) is 24.6 Å². The molecule has 1 aromatic heterocycles. The highest BCUT2D eigenvalue weighted by Gasteiger charge is 2.31. The van der Waals surface area contributed by atoms with Crippen LogP contribution in [-0.2, 0) is 17.6 Å². The quantitative estimate of drug-likeness (QED) is 0.748. The molecular weight excluding hydrogens is 353 g/mol. The standard InChI is InChI=1S/C16H17F3N4O3/c1-8(10-3-5-11(6-4-10)16(17,18)19)23-15(21-9(2)25)13(14(20)26)12(7-24)22-23/h3-6,8,24H,7H2,1-2H3,(H2,20,26)(H,21,25). The molecule has 140 valence electrons. The SMILES string of the molecule is CC(=O)Nc1c(C(N)=O)c(CO)nn1C(C)c1ccc(C(F)(F)F)cc1. The van der Waals surface area contributed by atoms with Gasteiger partial charge in [-0.25, -0.2) is 4.68 Å². The van der Waals surface area contributed by atoms with Crippen molar-refractivity contribution in [3.63, 3.8) is 0 Å². The van der Waals surface area contributed by atoms with Gasteiger partial charge in [0.25, 0.3) is 5.91 Å². The minimum Gasteiger partial charge on any atom is -0.390 e. The normalized spacial score (nSPS) is 12.7. The molecule has 0 radical (unpaired) electrons. The average Bonchev–Trinajstić information content (AvgIpc) is 2.91. The van der Waals surface area contributed by atoms with Crippen LogP contribution < -0.4 is 11.1 Å². The van der Waals surface area contributed by atoms with Gasteiger partial charge in [-0.3, -0.25) is 9.59 Å². The summed E-state index contributed by atoms with van der Waals surface area (Å²) < 4.78 is 39.3. The molecule has 0 bridgehead atoms. The second kappa shape index (κ2) is 7.16. The van der Waals surface area contributed by atoms with E-state index >= 15 is 0 Å². The van der Waals surface area contributed by atoms with Crippen molar-refractivity contribution >= 4 is 17.6 Å². The van der Waals surface area contributed by atoms with Crippen LogP contribution in [0.25, 0.3) is 0 Å². The summed E-state index contributed by atoms with van der Waals surface area (Å²) in [4.78, 5) is 23.2. The number of nitrogens with zero attached hydrogens (tertiary/aromatic N) is 2. The second-order valence-electron chi connectivity index (χ2n) is 5.61. The summed E-state index contributed by atoms with van der Waals surface area (Å²) in [7, 11) is 0. The average molecular weight is 370 g/mol. The molecule has 0 saturated heterocycles. The number of hydrogen-bond acceptors (Lipinski definition) is 4. The summed E-state index contributed by atoms with van der Waals surface area (Å²) in [5.74, 6) is -1.43. The first kappa shape index (κ1) is 19.4. The largest absolute Gasteiger partial charge is 0.416 e. The van der Waals surface area contributed by atoms with E-state index in [1.54, 1.807) is 6.92 Å². The number of rotatable bonds is 5. The molecule has 0 aliphatic carbocycles. The van der Waals surface area contributed by atoms with Crippen LogP contribution in [0.5, 0.6) is 0 Å². The number of primary amides is 1. The van der Waals surface area contributed by atoms with Crippen LogP contribution in [0.4, 0.5) is 19.0 Å². The zero-order chi connectivity index (χ0) is 19.6. The maximum atomic E-state index is 12.7. The zero-order valence-electron chi connectivity index (χ0n) is 14.0. The third kappa shape index (κ3) is 3.85. The smallest absolute Gasteiger partial charge is 0.390 e. The lowest BCUT2D eigenvalue weighted by molar-refractivity contribution is -0.137. The Morgan fingerprint density at radius 2 is 1.88 bits per heavy atom. The lowest BCUT2D eigenvalue weighted by Crippen LogP contribution is -2.20. The number of nitrogens with two attached hydrogens (primary N) is 1. The highest BCUT2D eigenvalue weighted by molar-refractivity contribution is 6.02. The van der Waals surface area contributed by atoms with Gasteiger partial charge in [0.05, 0.1) is 18.2 Å². The molecule has 7 nitrogen and oxygen atoms in total. The highest BCUT2D eigenvalue weighted by atomic mass is 19.4. The molecule has 1 unspecified atom stereocenters. The number of nitrogens with one attached hydrogen (secondary N) is 1. The number of benzene rings is 1. The fraction of sp³-hybridized carbons (Fsp3) is 0.312. The van der Waals surface area contributed by atoms with Crippen molar-refractivity contribution in [3.8, 4) is 0 Å². The predicted octanol–water partition coefficient (Wildman–Crippen LogP) is 2.06. The first-order valence-corrected chi connectivity index (χ1v) is 7.53. The molecule has 0 spiro atoms. The van der Waals surface area contributed by atoms with Crippen LogP contribution in [-0.4, -0.2) is 26.7 Å². The molecule has 26 heavy (non-hydrogen) atoms. The van der Waals surface area contributed by atoms with Crippen molar-refractivity contribution in [2.24, 2.45) is 5.73 Å². The second-order valence-corrected chi connectivity index (χ2v) is 5.61. The van der Waals surface area contributed by atoms with Crippen molar-refractivity contribution in [2.45, 2.75) is 32.7 Å². The van der Waals surface area contributed by atoms with Gasteiger partial charge in [-0.1, -0.05) is 12.1 Å². The van der Waals surface area contributed by atoms with Gasteiger partial charge < -0.3 is 16.2 Å². The molecule has 0 aliphatic heterocycles. The van der Waals surface area contributed by atoms with Gasteiger partial charge in [-0.2, -0.15) is 18.3 Å². The number of carbonyl (C=O) groups excluding carboxylic acids is 2. The van der Waals surface area contributed by atoms with Gasteiger partial charge in [-0.15, -0.1) is 0 Å². The van der Waals surface area contributed by atoms with E-state index in [4.69, 9.17) is 5.73 Å². The third-order valence-electron chi connectivity index (χ3n) is 3.76. The van der Waals surface area contributed by atoms with Crippen LogP contribution in [0.15, 0.2) is 24.3 Å². The summed E-state index contributed by atoms with van der Waals surface area (Å²) in [5.41, 5.74) is 4.76. The van der Waals surface area contributed by atoms with Crippen molar-refractivity contribution in [1.82, 2.24) is 9.78 Å². The number of aliphatic hydroxyl groups excluding tert-OH is 1. The Bertz CT molecular complexity index is 829. The molecule has 4 N–H and O–H groups in total. The number of aliphatic hydroxyl groups is 1. The third-order valence-corrected chi connectivity index (χ3v) is 3.76. The number of aromatic nitrogens is 2. The Labute approximate surface area is 146 Å². The number of anilines is 1. The molecule has 10 heteroatoms. The van der Waals surface area contributed by atoms with E-state index in [2.05, 4.69) is 10.4 Å². The number of hydrogen-bond donors (Lipinski definition) is 3. The maximum Gasteiger partial charge on any atom is 0.416 e. The lowest BCUT2D eigenvalue weighted by atomic mass is 10.1. The Balaban J connectivity index is 2.52. The molecular formula is C16H17F3N4O3. The van der Waals surface area contributed by atoms with E-state index in [-0.39, 0.29) is 17.1 Å². The van der Waals surface area contributed by atoms with Crippen molar-refractivity contribution in [1.29, 1.82) is 0 Å². The summed E-state index contributed by atoms with van der Waals surface area (Å²) >= 11 is 0. The Morgan fingerprint density at radius 3 is 2.31 bits per heavy atom. The highest BCUT2D eigenvalue weighted by Crippen LogP contribution is 2.32. The Hall–Kier alpha value is -2.88. The van der Waals surface area contributed by atoms with Crippen molar-refractivity contribution in [2.75, 3.05) is 5.32 Å². The van der Waals surface area contributed by atoms with Crippen LogP contribution in [0.3, 0.4) is 0 Å². The van der Waals surface area contributed by atoms with E-state index in [1.807, 2.05) is 0 Å². The number of halogens is 3. The van der Waals surface area contributed by atoms with Crippen LogP contribution >= 0.6 is 0 Å². The van der Waals surface area contributed by atoms with Gasteiger partial charge >= 0.3 is 6.18 Å². The van der Waals surface area contributed by atoms with Gasteiger partial charge in [0.2, 0.25) is 5.91 Å². The van der Waals surface area contributed by atoms with E-state index in [9.17, 15) is 27.9 Å². The number of alkyl halides is 3. The molecule has 1 atom stereocenters. The first-order chi connectivity index (χ1) is 12.1. The van der Waals surface area contributed by atoms with Gasteiger partial charge in [0.15, 0.2) is 0 Å². The minimum atomic E-state index is -4.46. The predicted molar refractivity (Wildman–Crippen MR) is 86.2 cm³/mol. The molecule has 0 fully saturated rings. The summed E-state index contributed by atoms with van der Waals surface area (Å²) in [6.45, 7) is 2.23. The minimum absolute atomic E-state index is 0.0264. The summed E-state index contributed by atoms with van der Waals surface area (Å²) in [6, 6.07) is 3.76. The van der Waals surface area contributed by atoms with Gasteiger partial charge in [0.1, 0.15) is 17.1 Å². The summed E-state index contributed by atoms with van der Waals surface area (Å²) in [6.07, 6.45) is -4.46. The van der Waals surface area contributed by atoms with Crippen LogP contribution in [0.2, 0.25) is 0 Å². The molecule has 1 heterocycles. The number of amides is 2. The summed E-state index contributed by atoms with van der Waals surface area (Å²) in [5, 5.41) is 15.9. The fourth-order valence-electron chi connectivity index (χ4n) is 2.51. The Kier molecular flexibility index (Phi) is 5.36. The van der Waals surface area contributed by atoms with Crippen LogP contribution in [0.1, 0.15) is 47.1 Å². The van der Waals surface area contributed by atoms with E-state index < -0.39 is 36.2 Å². The zero-order valence-corrected chi connectivity index (χ0v) is 14.0. The fourth-order valence-corrected chi connectivity index (χ4v) is 2.51. The van der Waals surface area contributed by atoms with Crippen LogP contribution in [0, 0.1) is 0 Å². The van der Waals surface area contributed by atoms with Crippen molar-refractivity contribution in [3.05, 3.63) is 46.6 Å². The molecule has 2 rings (SSSR count). The topological polar surface area (TPSA) is 110 Å². The number of carbonyl (C=O) groups is 2. The van der Waals surface area contributed by atoms with E-state index in [1.165, 1.54) is 23.7 Å². The molecule has 0 aliphatic rings. The maximum absolute atomic E-state index is 12.7. The van der Waals surface area contributed by atoms with E-state index in [0.717, 1.165) is 12.1 Å². The monoisotopic (exact) mass is 370 g/mol. The molecule has 2 aromatic rings.